The van der Waals surface area contributed by atoms with E-state index in [-0.39, 0.29) is 11.8 Å². The zero-order valence-electron chi connectivity index (χ0n) is 12.8. The minimum atomic E-state index is -0.507. The Morgan fingerprint density at radius 3 is 2.61 bits per heavy atom. The smallest absolute Gasteiger partial charge is 0.260 e. The summed E-state index contributed by atoms with van der Waals surface area (Å²) in [5.41, 5.74) is 2.38. The molecule has 1 unspecified atom stereocenters. The van der Waals surface area contributed by atoms with Crippen molar-refractivity contribution in [2.75, 3.05) is 11.4 Å². The SMILES string of the molecule is CCNC(=O)C1Cc2ccccc2N1C(=O)c1ccccc1Br. The molecule has 0 fully saturated rings. The first kappa shape index (κ1) is 15.7. The number of fused-ring (bicyclic) bond motifs is 1. The number of likely N-dealkylation sites (N-methyl/N-ethyl adjacent to an activating group) is 1. The highest BCUT2D eigenvalue weighted by Crippen LogP contribution is 2.34. The summed E-state index contributed by atoms with van der Waals surface area (Å²) in [6.07, 6.45) is 0.540. The maximum Gasteiger partial charge on any atom is 0.260 e. The van der Waals surface area contributed by atoms with Crippen molar-refractivity contribution in [1.29, 1.82) is 0 Å². The van der Waals surface area contributed by atoms with Gasteiger partial charge < -0.3 is 5.32 Å². The summed E-state index contributed by atoms with van der Waals surface area (Å²) in [5.74, 6) is -0.289. The lowest BCUT2D eigenvalue weighted by Gasteiger charge is -2.25. The molecule has 0 saturated carbocycles. The number of para-hydroxylation sites is 1. The molecule has 2 aromatic rings. The lowest BCUT2D eigenvalue weighted by atomic mass is 10.1. The number of carbonyl (C=O) groups is 2. The van der Waals surface area contributed by atoms with Gasteiger partial charge in [-0.05, 0) is 46.6 Å². The molecule has 1 atom stereocenters. The van der Waals surface area contributed by atoms with Gasteiger partial charge in [-0.25, -0.2) is 0 Å². The van der Waals surface area contributed by atoms with Crippen molar-refractivity contribution in [3.8, 4) is 0 Å². The molecule has 23 heavy (non-hydrogen) atoms. The maximum atomic E-state index is 13.1. The Hall–Kier alpha value is -2.14. The van der Waals surface area contributed by atoms with E-state index in [9.17, 15) is 9.59 Å². The Bertz CT molecular complexity index is 760. The highest BCUT2D eigenvalue weighted by Gasteiger charge is 2.38. The van der Waals surface area contributed by atoms with Gasteiger partial charge in [-0.3, -0.25) is 14.5 Å². The quantitative estimate of drug-likeness (QED) is 0.899. The van der Waals surface area contributed by atoms with Crippen LogP contribution in [0.15, 0.2) is 53.0 Å². The highest BCUT2D eigenvalue weighted by atomic mass is 79.9. The first-order chi connectivity index (χ1) is 11.1. The lowest BCUT2D eigenvalue weighted by Crippen LogP contribution is -2.48. The van der Waals surface area contributed by atoms with Crippen molar-refractivity contribution in [2.45, 2.75) is 19.4 Å². The number of hydrogen-bond acceptors (Lipinski definition) is 2. The van der Waals surface area contributed by atoms with Gasteiger partial charge in [0.05, 0.1) is 5.56 Å². The molecule has 1 aliphatic rings. The van der Waals surface area contributed by atoms with Crippen LogP contribution in [-0.2, 0) is 11.2 Å². The summed E-state index contributed by atoms with van der Waals surface area (Å²) in [4.78, 5) is 27.1. The molecule has 118 valence electrons. The van der Waals surface area contributed by atoms with Crippen molar-refractivity contribution < 1.29 is 9.59 Å². The molecule has 3 rings (SSSR count). The predicted molar refractivity (Wildman–Crippen MR) is 93.6 cm³/mol. The van der Waals surface area contributed by atoms with E-state index < -0.39 is 6.04 Å². The first-order valence-electron chi connectivity index (χ1n) is 7.57. The van der Waals surface area contributed by atoms with E-state index in [1.807, 2.05) is 49.4 Å². The number of hydrogen-bond donors (Lipinski definition) is 1. The predicted octanol–water partition coefficient (Wildman–Crippen LogP) is 3.16. The van der Waals surface area contributed by atoms with Crippen molar-refractivity contribution in [2.24, 2.45) is 0 Å². The molecule has 2 aromatic carbocycles. The second kappa shape index (κ2) is 6.54. The molecule has 1 N–H and O–H groups in total. The van der Waals surface area contributed by atoms with E-state index in [1.54, 1.807) is 11.0 Å². The van der Waals surface area contributed by atoms with Crippen LogP contribution < -0.4 is 10.2 Å². The number of nitrogens with one attached hydrogen (secondary N) is 1. The molecule has 0 saturated heterocycles. The summed E-state index contributed by atoms with van der Waals surface area (Å²) < 4.78 is 0.726. The van der Waals surface area contributed by atoms with Crippen LogP contribution in [0.25, 0.3) is 0 Å². The normalized spacial score (nSPS) is 16.1. The van der Waals surface area contributed by atoms with Gasteiger partial charge in [0.2, 0.25) is 5.91 Å². The van der Waals surface area contributed by atoms with Gasteiger partial charge in [-0.15, -0.1) is 0 Å². The number of halogens is 1. The molecule has 1 aliphatic heterocycles. The molecular formula is C18H17BrN2O2. The highest BCUT2D eigenvalue weighted by molar-refractivity contribution is 9.10. The number of nitrogens with zero attached hydrogens (tertiary/aromatic N) is 1. The van der Waals surface area contributed by atoms with E-state index in [1.165, 1.54) is 0 Å². The molecule has 0 spiro atoms. The summed E-state index contributed by atoms with van der Waals surface area (Å²) in [5, 5.41) is 2.83. The molecule has 2 amide bonds. The van der Waals surface area contributed by atoms with Gasteiger partial charge in [0.1, 0.15) is 6.04 Å². The van der Waals surface area contributed by atoms with Crippen molar-refractivity contribution in [3.63, 3.8) is 0 Å². The Kier molecular flexibility index (Phi) is 4.48. The number of carbonyl (C=O) groups excluding carboxylic acids is 2. The van der Waals surface area contributed by atoms with E-state index in [4.69, 9.17) is 0 Å². The van der Waals surface area contributed by atoms with Crippen LogP contribution in [0, 0.1) is 0 Å². The van der Waals surface area contributed by atoms with Crippen molar-refractivity contribution in [3.05, 3.63) is 64.1 Å². The Labute approximate surface area is 143 Å². The summed E-state index contributed by atoms with van der Waals surface area (Å²) in [6, 6.07) is 14.4. The average Bonchev–Trinajstić information content (AvgIpc) is 2.94. The number of rotatable bonds is 3. The van der Waals surface area contributed by atoms with Gasteiger partial charge in [0.15, 0.2) is 0 Å². The molecule has 1 heterocycles. The standard InChI is InChI=1S/C18H17BrN2O2/c1-2-20-17(22)16-11-12-7-3-6-10-15(12)21(16)18(23)13-8-4-5-9-14(13)19/h3-10,16H,2,11H2,1H3,(H,20,22). The second-order valence-electron chi connectivity index (χ2n) is 5.40. The van der Waals surface area contributed by atoms with E-state index in [0.717, 1.165) is 15.7 Å². The minimum Gasteiger partial charge on any atom is -0.355 e. The van der Waals surface area contributed by atoms with E-state index >= 15 is 0 Å². The van der Waals surface area contributed by atoms with Gasteiger partial charge in [-0.1, -0.05) is 30.3 Å². The summed E-state index contributed by atoms with van der Waals surface area (Å²) in [6.45, 7) is 2.42. The fourth-order valence-corrected chi connectivity index (χ4v) is 3.36. The van der Waals surface area contributed by atoms with Crippen molar-refractivity contribution in [1.82, 2.24) is 5.32 Å². The van der Waals surface area contributed by atoms with Crippen LogP contribution in [0.4, 0.5) is 5.69 Å². The minimum absolute atomic E-state index is 0.121. The third-order valence-electron chi connectivity index (χ3n) is 3.95. The van der Waals surface area contributed by atoms with Crippen LogP contribution >= 0.6 is 15.9 Å². The van der Waals surface area contributed by atoms with Crippen molar-refractivity contribution >= 4 is 33.4 Å². The third-order valence-corrected chi connectivity index (χ3v) is 4.64. The fourth-order valence-electron chi connectivity index (χ4n) is 2.90. The maximum absolute atomic E-state index is 13.1. The number of anilines is 1. The molecule has 0 aromatic heterocycles. The van der Waals surface area contributed by atoms with Crippen LogP contribution in [0.5, 0.6) is 0 Å². The topological polar surface area (TPSA) is 49.4 Å². The Balaban J connectivity index is 2.03. The Morgan fingerprint density at radius 1 is 1.17 bits per heavy atom. The van der Waals surface area contributed by atoms with Gasteiger partial charge in [-0.2, -0.15) is 0 Å². The largest absolute Gasteiger partial charge is 0.355 e. The molecule has 4 nitrogen and oxygen atoms in total. The lowest BCUT2D eigenvalue weighted by molar-refractivity contribution is -0.122. The number of amides is 2. The van der Waals surface area contributed by atoms with Crippen LogP contribution in [-0.4, -0.2) is 24.4 Å². The number of benzene rings is 2. The van der Waals surface area contributed by atoms with Crippen LogP contribution in [0.3, 0.4) is 0 Å². The third kappa shape index (κ3) is 2.88. The summed E-state index contributed by atoms with van der Waals surface area (Å²) in [7, 11) is 0. The molecular weight excluding hydrogens is 356 g/mol. The second-order valence-corrected chi connectivity index (χ2v) is 6.25. The molecule has 0 aliphatic carbocycles. The van der Waals surface area contributed by atoms with E-state index in [0.29, 0.717) is 18.5 Å². The molecule has 5 heteroatoms. The van der Waals surface area contributed by atoms with Gasteiger partial charge in [0.25, 0.3) is 5.91 Å². The van der Waals surface area contributed by atoms with Crippen LogP contribution in [0.1, 0.15) is 22.8 Å². The van der Waals surface area contributed by atoms with E-state index in [2.05, 4.69) is 21.2 Å². The molecule has 0 radical (unpaired) electrons. The molecule has 0 bridgehead atoms. The fraction of sp³-hybridized carbons (Fsp3) is 0.222. The zero-order valence-corrected chi connectivity index (χ0v) is 14.3. The average molecular weight is 373 g/mol. The zero-order chi connectivity index (χ0) is 16.4. The summed E-state index contributed by atoms with van der Waals surface area (Å²) >= 11 is 3.42. The van der Waals surface area contributed by atoms with Gasteiger partial charge in [0, 0.05) is 23.1 Å². The Morgan fingerprint density at radius 2 is 1.87 bits per heavy atom. The van der Waals surface area contributed by atoms with Gasteiger partial charge >= 0.3 is 0 Å². The van der Waals surface area contributed by atoms with Crippen LogP contribution in [0.2, 0.25) is 0 Å². The monoisotopic (exact) mass is 372 g/mol. The first-order valence-corrected chi connectivity index (χ1v) is 8.36.